The maximum atomic E-state index is 12.0. The van der Waals surface area contributed by atoms with Crippen molar-refractivity contribution in [2.75, 3.05) is 30.3 Å². The molecule has 1 aliphatic rings. The largest absolute Gasteiger partial charge is 0.396 e. The van der Waals surface area contributed by atoms with Crippen molar-refractivity contribution < 1.29 is 4.79 Å². The zero-order valence-electron chi connectivity index (χ0n) is 10.6. The van der Waals surface area contributed by atoms with Crippen LogP contribution in [0.5, 0.6) is 0 Å². The Labute approximate surface area is 116 Å². The molecule has 0 aliphatic carbocycles. The summed E-state index contributed by atoms with van der Waals surface area (Å²) < 4.78 is 0. The average molecular weight is 276 g/mol. The summed E-state index contributed by atoms with van der Waals surface area (Å²) >= 11 is 1.30. The van der Waals surface area contributed by atoms with E-state index in [-0.39, 0.29) is 11.6 Å². The Kier molecular flexibility index (Phi) is 4.07. The number of amides is 1. The van der Waals surface area contributed by atoms with Crippen LogP contribution in [-0.2, 0) is 0 Å². The maximum Gasteiger partial charge on any atom is 0.263 e. The molecule has 0 aromatic carbocycles. The number of rotatable bonds is 4. The molecule has 1 amide bonds. The zero-order chi connectivity index (χ0) is 13.8. The zero-order valence-corrected chi connectivity index (χ0v) is 11.4. The van der Waals surface area contributed by atoms with Crippen LogP contribution in [0.1, 0.15) is 28.1 Å². The molecule has 0 unspecified atom stereocenters. The third-order valence-corrected chi connectivity index (χ3v) is 4.31. The van der Waals surface area contributed by atoms with Crippen LogP contribution in [0.2, 0.25) is 0 Å². The molecule has 5 nitrogen and oxygen atoms in total. The highest BCUT2D eigenvalue weighted by Gasteiger charge is 2.25. The SMILES string of the molecule is C=CCNC(=O)c1sc(N2CCCC2)c(C#N)c1N. The molecule has 6 heteroatoms. The second-order valence-electron chi connectivity index (χ2n) is 4.33. The summed E-state index contributed by atoms with van der Waals surface area (Å²) in [4.78, 5) is 14.5. The number of hydrogen-bond acceptors (Lipinski definition) is 5. The van der Waals surface area contributed by atoms with Crippen molar-refractivity contribution in [3.63, 3.8) is 0 Å². The van der Waals surface area contributed by atoms with Gasteiger partial charge in [0.25, 0.3) is 5.91 Å². The molecule has 0 bridgehead atoms. The Morgan fingerprint density at radius 1 is 1.58 bits per heavy atom. The van der Waals surface area contributed by atoms with Crippen LogP contribution in [0.25, 0.3) is 0 Å². The summed E-state index contributed by atoms with van der Waals surface area (Å²) in [5.41, 5.74) is 6.64. The number of hydrogen-bond donors (Lipinski definition) is 2. The van der Waals surface area contributed by atoms with E-state index in [1.54, 1.807) is 6.08 Å². The standard InChI is InChI=1S/C13H16N4OS/c1-2-5-16-12(18)11-10(15)9(8-14)13(19-11)17-6-3-4-7-17/h2H,1,3-7,15H2,(H,16,18). The van der Waals surface area contributed by atoms with Crippen molar-refractivity contribution in [3.05, 3.63) is 23.1 Å². The van der Waals surface area contributed by atoms with E-state index in [0.717, 1.165) is 30.9 Å². The van der Waals surface area contributed by atoms with Gasteiger partial charge in [0.2, 0.25) is 0 Å². The van der Waals surface area contributed by atoms with E-state index < -0.39 is 0 Å². The summed E-state index contributed by atoms with van der Waals surface area (Å²) in [6.45, 7) is 5.77. The molecular formula is C13H16N4OS. The summed E-state index contributed by atoms with van der Waals surface area (Å²) in [7, 11) is 0. The molecule has 1 aromatic rings. The third-order valence-electron chi connectivity index (χ3n) is 3.04. The van der Waals surface area contributed by atoms with Gasteiger partial charge in [0.15, 0.2) is 0 Å². The van der Waals surface area contributed by atoms with Crippen molar-refractivity contribution in [3.8, 4) is 6.07 Å². The van der Waals surface area contributed by atoms with Crippen LogP contribution in [0.4, 0.5) is 10.7 Å². The van der Waals surface area contributed by atoms with Crippen LogP contribution in [0, 0.1) is 11.3 Å². The summed E-state index contributed by atoms with van der Waals surface area (Å²) in [5.74, 6) is -0.246. The molecule has 0 radical (unpaired) electrons. The minimum Gasteiger partial charge on any atom is -0.396 e. The normalized spacial score (nSPS) is 14.2. The lowest BCUT2D eigenvalue weighted by atomic mass is 10.2. The second-order valence-corrected chi connectivity index (χ2v) is 5.33. The average Bonchev–Trinajstić information content (AvgIpc) is 3.03. The van der Waals surface area contributed by atoms with Gasteiger partial charge < -0.3 is 16.0 Å². The highest BCUT2D eigenvalue weighted by molar-refractivity contribution is 7.19. The Balaban J connectivity index is 2.33. The van der Waals surface area contributed by atoms with Gasteiger partial charge in [-0.1, -0.05) is 6.08 Å². The molecule has 1 aliphatic heterocycles. The molecule has 1 saturated heterocycles. The number of thiophene rings is 1. The van der Waals surface area contributed by atoms with Gasteiger partial charge in [-0.2, -0.15) is 5.26 Å². The van der Waals surface area contributed by atoms with Gasteiger partial charge in [0, 0.05) is 19.6 Å². The van der Waals surface area contributed by atoms with E-state index in [0.29, 0.717) is 17.0 Å². The first-order valence-corrected chi connectivity index (χ1v) is 6.97. The molecule has 1 aromatic heterocycles. The Morgan fingerprint density at radius 2 is 2.26 bits per heavy atom. The molecule has 100 valence electrons. The minimum absolute atomic E-state index is 0.246. The molecular weight excluding hydrogens is 260 g/mol. The van der Waals surface area contributed by atoms with E-state index in [9.17, 15) is 10.1 Å². The fourth-order valence-corrected chi connectivity index (χ4v) is 3.24. The van der Waals surface area contributed by atoms with E-state index >= 15 is 0 Å². The predicted molar refractivity (Wildman–Crippen MR) is 77.4 cm³/mol. The number of carbonyl (C=O) groups excluding carboxylic acids is 1. The molecule has 2 rings (SSSR count). The van der Waals surface area contributed by atoms with Gasteiger partial charge in [0.05, 0.1) is 5.69 Å². The van der Waals surface area contributed by atoms with Gasteiger partial charge in [-0.3, -0.25) is 4.79 Å². The summed E-state index contributed by atoms with van der Waals surface area (Å²) in [6.07, 6.45) is 3.83. The first-order valence-electron chi connectivity index (χ1n) is 6.15. The number of nitrogens with two attached hydrogens (primary N) is 1. The lowest BCUT2D eigenvalue weighted by Crippen LogP contribution is -2.23. The van der Waals surface area contributed by atoms with E-state index in [2.05, 4.69) is 22.9 Å². The number of nitrogens with zero attached hydrogens (tertiary/aromatic N) is 2. The maximum absolute atomic E-state index is 12.0. The Hall–Kier alpha value is -2.00. The van der Waals surface area contributed by atoms with Crippen LogP contribution < -0.4 is 16.0 Å². The highest BCUT2D eigenvalue weighted by Crippen LogP contribution is 2.39. The number of anilines is 2. The van der Waals surface area contributed by atoms with Crippen molar-refractivity contribution in [2.24, 2.45) is 0 Å². The van der Waals surface area contributed by atoms with E-state index in [1.807, 2.05) is 0 Å². The van der Waals surface area contributed by atoms with Crippen molar-refractivity contribution in [1.29, 1.82) is 5.26 Å². The van der Waals surface area contributed by atoms with E-state index in [1.165, 1.54) is 11.3 Å². The first kappa shape index (κ1) is 13.4. The lowest BCUT2D eigenvalue weighted by Gasteiger charge is -2.14. The topological polar surface area (TPSA) is 82.2 Å². The van der Waals surface area contributed by atoms with Gasteiger partial charge in [0.1, 0.15) is 21.5 Å². The fourth-order valence-electron chi connectivity index (χ4n) is 2.10. The summed E-state index contributed by atoms with van der Waals surface area (Å²) in [6, 6.07) is 2.12. The predicted octanol–water partition coefficient (Wildman–Crippen LogP) is 1.72. The lowest BCUT2D eigenvalue weighted by molar-refractivity contribution is 0.0963. The fraction of sp³-hybridized carbons (Fsp3) is 0.385. The smallest absolute Gasteiger partial charge is 0.263 e. The van der Waals surface area contributed by atoms with Crippen LogP contribution >= 0.6 is 11.3 Å². The van der Waals surface area contributed by atoms with E-state index in [4.69, 9.17) is 5.73 Å². The van der Waals surface area contributed by atoms with Gasteiger partial charge in [-0.15, -0.1) is 17.9 Å². The van der Waals surface area contributed by atoms with Gasteiger partial charge >= 0.3 is 0 Å². The molecule has 19 heavy (non-hydrogen) atoms. The minimum atomic E-state index is -0.246. The van der Waals surface area contributed by atoms with Gasteiger partial charge in [-0.25, -0.2) is 0 Å². The highest BCUT2D eigenvalue weighted by atomic mass is 32.1. The van der Waals surface area contributed by atoms with Crippen LogP contribution in [0.15, 0.2) is 12.7 Å². The molecule has 0 spiro atoms. The third kappa shape index (κ3) is 2.56. The number of carbonyl (C=O) groups is 1. The van der Waals surface area contributed by atoms with Gasteiger partial charge in [-0.05, 0) is 12.8 Å². The van der Waals surface area contributed by atoms with Crippen molar-refractivity contribution in [1.82, 2.24) is 5.32 Å². The summed E-state index contributed by atoms with van der Waals surface area (Å²) in [5, 5.41) is 12.7. The second kappa shape index (κ2) is 5.76. The van der Waals surface area contributed by atoms with Crippen LogP contribution in [0.3, 0.4) is 0 Å². The Morgan fingerprint density at radius 3 is 2.84 bits per heavy atom. The number of nitrogens with one attached hydrogen (secondary N) is 1. The molecule has 3 N–H and O–H groups in total. The number of nitriles is 1. The molecule has 0 atom stereocenters. The van der Waals surface area contributed by atoms with Crippen molar-refractivity contribution in [2.45, 2.75) is 12.8 Å². The Bertz CT molecular complexity index is 538. The molecule has 2 heterocycles. The number of nitrogen functional groups attached to an aromatic ring is 1. The van der Waals surface area contributed by atoms with Crippen LogP contribution in [-0.4, -0.2) is 25.5 Å². The van der Waals surface area contributed by atoms with Crippen molar-refractivity contribution >= 4 is 27.9 Å². The quantitative estimate of drug-likeness (QED) is 0.820. The molecule has 0 saturated carbocycles. The molecule has 1 fully saturated rings. The monoisotopic (exact) mass is 276 g/mol. The first-order chi connectivity index (χ1) is 9.19.